The molecule has 0 spiro atoms. The molecule has 1 saturated heterocycles. The molecule has 0 saturated carbocycles. The molecular formula is C12H18N4O3S. The Morgan fingerprint density at radius 2 is 1.75 bits per heavy atom. The maximum atomic E-state index is 12.1. The van der Waals surface area contributed by atoms with E-state index in [2.05, 4.69) is 9.97 Å². The highest BCUT2D eigenvalue weighted by Crippen LogP contribution is 2.12. The Hall–Kier alpha value is -1.70. The van der Waals surface area contributed by atoms with Crippen molar-refractivity contribution in [2.75, 3.05) is 37.3 Å². The van der Waals surface area contributed by atoms with Crippen molar-refractivity contribution in [3.05, 3.63) is 18.5 Å². The van der Waals surface area contributed by atoms with Crippen LogP contribution in [0, 0.1) is 0 Å². The summed E-state index contributed by atoms with van der Waals surface area (Å²) in [5.74, 6) is 0.303. The van der Waals surface area contributed by atoms with E-state index in [1.165, 1.54) is 6.92 Å². The number of nitrogens with zero attached hydrogens (tertiary/aromatic N) is 4. The number of aromatic nitrogens is 2. The van der Waals surface area contributed by atoms with Gasteiger partial charge in [0.15, 0.2) is 9.84 Å². The lowest BCUT2D eigenvalue weighted by Crippen LogP contribution is -2.52. The van der Waals surface area contributed by atoms with Gasteiger partial charge in [-0.25, -0.2) is 18.4 Å². The van der Waals surface area contributed by atoms with Crippen LogP contribution in [0.5, 0.6) is 0 Å². The molecule has 0 unspecified atom stereocenters. The maximum absolute atomic E-state index is 12.1. The van der Waals surface area contributed by atoms with E-state index in [9.17, 15) is 13.2 Å². The fourth-order valence-corrected chi connectivity index (χ4v) is 2.54. The second-order valence-electron chi connectivity index (χ2n) is 4.83. The van der Waals surface area contributed by atoms with E-state index in [4.69, 9.17) is 0 Å². The van der Waals surface area contributed by atoms with E-state index < -0.39 is 15.1 Å². The van der Waals surface area contributed by atoms with Gasteiger partial charge in [-0.05, 0) is 13.0 Å². The lowest BCUT2D eigenvalue weighted by atomic mass is 10.3. The van der Waals surface area contributed by atoms with E-state index in [0.717, 1.165) is 6.26 Å². The number of piperazine rings is 1. The summed E-state index contributed by atoms with van der Waals surface area (Å²) in [5.41, 5.74) is 0. The van der Waals surface area contributed by atoms with Gasteiger partial charge in [-0.15, -0.1) is 0 Å². The van der Waals surface area contributed by atoms with Crippen molar-refractivity contribution in [1.29, 1.82) is 0 Å². The second-order valence-corrected chi connectivity index (χ2v) is 7.20. The molecule has 0 bridgehead atoms. The van der Waals surface area contributed by atoms with Crippen molar-refractivity contribution in [1.82, 2.24) is 14.9 Å². The molecule has 1 aliphatic rings. The van der Waals surface area contributed by atoms with Crippen LogP contribution in [0.1, 0.15) is 6.92 Å². The molecule has 0 radical (unpaired) electrons. The van der Waals surface area contributed by atoms with Crippen LogP contribution in [-0.4, -0.2) is 66.9 Å². The third-order valence-electron chi connectivity index (χ3n) is 3.42. The highest BCUT2D eigenvalue weighted by atomic mass is 32.2. The molecular weight excluding hydrogens is 280 g/mol. The number of anilines is 1. The van der Waals surface area contributed by atoms with Gasteiger partial charge in [-0.1, -0.05) is 0 Å². The summed E-state index contributed by atoms with van der Waals surface area (Å²) >= 11 is 0. The molecule has 8 heteroatoms. The number of rotatable bonds is 3. The molecule has 110 valence electrons. The van der Waals surface area contributed by atoms with Crippen molar-refractivity contribution in [2.45, 2.75) is 12.2 Å². The molecule has 1 fully saturated rings. The number of hydrogen-bond acceptors (Lipinski definition) is 6. The van der Waals surface area contributed by atoms with Gasteiger partial charge in [0.2, 0.25) is 11.9 Å². The van der Waals surface area contributed by atoms with Crippen LogP contribution >= 0.6 is 0 Å². The number of carbonyl (C=O) groups is 1. The normalized spacial score (nSPS) is 17.9. The predicted octanol–water partition coefficient (Wildman–Crippen LogP) is -0.442. The van der Waals surface area contributed by atoms with Gasteiger partial charge in [-0.2, -0.15) is 0 Å². The van der Waals surface area contributed by atoms with Gasteiger partial charge in [0, 0.05) is 44.8 Å². The fraction of sp³-hybridized carbons (Fsp3) is 0.583. The van der Waals surface area contributed by atoms with Gasteiger partial charge in [0.25, 0.3) is 0 Å². The summed E-state index contributed by atoms with van der Waals surface area (Å²) in [6.45, 7) is 3.61. The molecule has 7 nitrogen and oxygen atoms in total. The third kappa shape index (κ3) is 3.24. The van der Waals surface area contributed by atoms with E-state index >= 15 is 0 Å². The first kappa shape index (κ1) is 14.7. The number of amides is 1. The standard InChI is InChI=1S/C12H18N4O3S/c1-10(20(2,18)19)11(17)15-6-8-16(9-7-15)12-13-4-3-5-14-12/h3-5,10H,6-9H2,1-2H3/t10-/m0/s1. The van der Waals surface area contributed by atoms with Crippen molar-refractivity contribution >= 4 is 21.7 Å². The zero-order chi connectivity index (χ0) is 14.8. The van der Waals surface area contributed by atoms with Gasteiger partial charge in [-0.3, -0.25) is 4.79 Å². The van der Waals surface area contributed by atoms with E-state index in [1.807, 2.05) is 4.90 Å². The minimum Gasteiger partial charge on any atom is -0.338 e. The Labute approximate surface area is 118 Å². The zero-order valence-electron chi connectivity index (χ0n) is 11.6. The van der Waals surface area contributed by atoms with Gasteiger partial charge in [0.05, 0.1) is 0 Å². The van der Waals surface area contributed by atoms with Crippen molar-refractivity contribution in [2.24, 2.45) is 0 Å². The number of hydrogen-bond donors (Lipinski definition) is 0. The predicted molar refractivity (Wildman–Crippen MR) is 75.1 cm³/mol. The third-order valence-corrected chi connectivity index (χ3v) is 4.90. The molecule has 1 amide bonds. The van der Waals surface area contributed by atoms with Crippen LogP contribution in [0.25, 0.3) is 0 Å². The summed E-state index contributed by atoms with van der Waals surface area (Å²) in [7, 11) is -3.35. The molecule has 20 heavy (non-hydrogen) atoms. The van der Waals surface area contributed by atoms with Crippen LogP contribution in [0.4, 0.5) is 5.95 Å². The molecule has 0 aromatic carbocycles. The van der Waals surface area contributed by atoms with E-state index in [0.29, 0.717) is 32.1 Å². The summed E-state index contributed by atoms with van der Waals surface area (Å²) in [6, 6.07) is 1.75. The van der Waals surface area contributed by atoms with Crippen LogP contribution in [-0.2, 0) is 14.6 Å². The lowest BCUT2D eigenvalue weighted by molar-refractivity contribution is -0.130. The average Bonchev–Trinajstić information content (AvgIpc) is 2.46. The Morgan fingerprint density at radius 3 is 2.25 bits per heavy atom. The minimum atomic E-state index is -3.35. The molecule has 0 N–H and O–H groups in total. The average molecular weight is 298 g/mol. The molecule has 1 aliphatic heterocycles. The lowest BCUT2D eigenvalue weighted by Gasteiger charge is -2.35. The first-order valence-corrected chi connectivity index (χ1v) is 8.34. The summed E-state index contributed by atoms with van der Waals surface area (Å²) in [6.07, 6.45) is 4.43. The number of carbonyl (C=O) groups excluding carboxylic acids is 1. The van der Waals surface area contributed by atoms with Gasteiger partial charge >= 0.3 is 0 Å². The number of sulfone groups is 1. The van der Waals surface area contributed by atoms with Crippen LogP contribution in [0.2, 0.25) is 0 Å². The van der Waals surface area contributed by atoms with Crippen molar-refractivity contribution in [3.8, 4) is 0 Å². The smallest absolute Gasteiger partial charge is 0.240 e. The summed E-state index contributed by atoms with van der Waals surface area (Å²) < 4.78 is 22.8. The molecule has 1 aromatic heterocycles. The van der Waals surface area contributed by atoms with Crippen LogP contribution in [0.15, 0.2) is 18.5 Å². The quantitative estimate of drug-likeness (QED) is 0.752. The zero-order valence-corrected chi connectivity index (χ0v) is 12.4. The van der Waals surface area contributed by atoms with Gasteiger partial charge < -0.3 is 9.80 Å². The molecule has 1 atom stereocenters. The largest absolute Gasteiger partial charge is 0.338 e. The van der Waals surface area contributed by atoms with E-state index in [1.54, 1.807) is 23.4 Å². The SMILES string of the molecule is C[C@@H](C(=O)N1CCN(c2ncccn2)CC1)S(C)(=O)=O. The molecule has 2 rings (SSSR count). The molecule has 2 heterocycles. The molecule has 0 aliphatic carbocycles. The van der Waals surface area contributed by atoms with E-state index in [-0.39, 0.29) is 5.91 Å². The van der Waals surface area contributed by atoms with Crippen molar-refractivity contribution in [3.63, 3.8) is 0 Å². The monoisotopic (exact) mass is 298 g/mol. The van der Waals surface area contributed by atoms with Crippen LogP contribution in [0.3, 0.4) is 0 Å². The first-order chi connectivity index (χ1) is 9.39. The fourth-order valence-electron chi connectivity index (χ4n) is 2.02. The Balaban J connectivity index is 1.96. The Kier molecular flexibility index (Phi) is 4.22. The van der Waals surface area contributed by atoms with Gasteiger partial charge in [0.1, 0.15) is 5.25 Å². The highest BCUT2D eigenvalue weighted by Gasteiger charge is 2.30. The summed E-state index contributed by atoms with van der Waals surface area (Å²) in [4.78, 5) is 24.0. The topological polar surface area (TPSA) is 83.5 Å². The Bertz CT molecular complexity index is 568. The first-order valence-electron chi connectivity index (χ1n) is 6.39. The summed E-state index contributed by atoms with van der Waals surface area (Å²) in [5, 5.41) is -0.984. The second kappa shape index (κ2) is 5.74. The van der Waals surface area contributed by atoms with Crippen LogP contribution < -0.4 is 4.90 Å². The molecule has 1 aromatic rings. The van der Waals surface area contributed by atoms with Crippen molar-refractivity contribution < 1.29 is 13.2 Å². The highest BCUT2D eigenvalue weighted by molar-refractivity contribution is 7.92. The minimum absolute atomic E-state index is 0.332. The maximum Gasteiger partial charge on any atom is 0.240 e. The Morgan fingerprint density at radius 1 is 1.20 bits per heavy atom.